The van der Waals surface area contributed by atoms with Crippen LogP contribution in [0.15, 0.2) is 22.7 Å². The Labute approximate surface area is 104 Å². The van der Waals surface area contributed by atoms with Gasteiger partial charge in [0.25, 0.3) is 0 Å². The molecule has 1 rings (SSSR count). The molecule has 0 saturated carbocycles. The molecule has 0 amide bonds. The normalized spacial score (nSPS) is 11.6. The SMILES string of the molecule is CC(C)(C)C(=O)CCc1ccc(F)c(Br)c1. The molecule has 1 aromatic rings. The lowest BCUT2D eigenvalue weighted by Gasteiger charge is -2.16. The first-order chi connectivity index (χ1) is 7.30. The number of aryl methyl sites for hydroxylation is 1. The highest BCUT2D eigenvalue weighted by molar-refractivity contribution is 9.10. The van der Waals surface area contributed by atoms with Crippen molar-refractivity contribution < 1.29 is 9.18 Å². The largest absolute Gasteiger partial charge is 0.299 e. The van der Waals surface area contributed by atoms with Crippen molar-refractivity contribution in [3.05, 3.63) is 34.1 Å². The Bertz CT molecular complexity index is 393. The number of Topliss-reactive ketones (excluding diaryl/α,β-unsaturated/α-hetero) is 1. The Kier molecular flexibility index (Phi) is 4.25. The van der Waals surface area contributed by atoms with Crippen LogP contribution in [0.3, 0.4) is 0 Å². The Balaban J connectivity index is 2.62. The van der Waals surface area contributed by atoms with E-state index in [0.29, 0.717) is 17.3 Å². The Morgan fingerprint density at radius 1 is 1.38 bits per heavy atom. The summed E-state index contributed by atoms with van der Waals surface area (Å²) in [7, 11) is 0. The second-order valence-corrected chi connectivity index (χ2v) is 5.78. The summed E-state index contributed by atoms with van der Waals surface area (Å²) in [4.78, 5) is 11.7. The molecule has 0 aliphatic rings. The van der Waals surface area contributed by atoms with Gasteiger partial charge in [0.05, 0.1) is 4.47 Å². The van der Waals surface area contributed by atoms with Gasteiger partial charge < -0.3 is 0 Å². The molecule has 88 valence electrons. The number of carbonyl (C=O) groups is 1. The number of hydrogen-bond acceptors (Lipinski definition) is 1. The summed E-state index contributed by atoms with van der Waals surface area (Å²) >= 11 is 3.13. The van der Waals surface area contributed by atoms with Gasteiger partial charge in [-0.3, -0.25) is 4.79 Å². The fraction of sp³-hybridized carbons (Fsp3) is 0.462. The van der Waals surface area contributed by atoms with Gasteiger partial charge in [-0.15, -0.1) is 0 Å². The van der Waals surface area contributed by atoms with Crippen molar-refractivity contribution in [3.8, 4) is 0 Å². The minimum Gasteiger partial charge on any atom is -0.299 e. The summed E-state index contributed by atoms with van der Waals surface area (Å²) in [5.74, 6) is -0.0427. The van der Waals surface area contributed by atoms with Crippen molar-refractivity contribution in [1.29, 1.82) is 0 Å². The van der Waals surface area contributed by atoms with Crippen LogP contribution < -0.4 is 0 Å². The third kappa shape index (κ3) is 3.71. The van der Waals surface area contributed by atoms with Crippen LogP contribution in [0.2, 0.25) is 0 Å². The van der Waals surface area contributed by atoms with Crippen LogP contribution in [-0.2, 0) is 11.2 Å². The highest BCUT2D eigenvalue weighted by Gasteiger charge is 2.20. The number of halogens is 2. The molecule has 0 aliphatic carbocycles. The van der Waals surface area contributed by atoms with Gasteiger partial charge in [0.15, 0.2) is 0 Å². The van der Waals surface area contributed by atoms with Gasteiger partial charge in [0.2, 0.25) is 0 Å². The second-order valence-electron chi connectivity index (χ2n) is 4.92. The van der Waals surface area contributed by atoms with Gasteiger partial charge in [-0.05, 0) is 40.0 Å². The topological polar surface area (TPSA) is 17.1 Å². The highest BCUT2D eigenvalue weighted by Crippen LogP contribution is 2.21. The molecule has 0 fully saturated rings. The van der Waals surface area contributed by atoms with E-state index in [4.69, 9.17) is 0 Å². The molecule has 0 unspecified atom stereocenters. The number of hydrogen-bond donors (Lipinski definition) is 0. The summed E-state index contributed by atoms with van der Waals surface area (Å²) in [6, 6.07) is 4.86. The van der Waals surface area contributed by atoms with Crippen LogP contribution in [0.4, 0.5) is 4.39 Å². The van der Waals surface area contributed by atoms with Crippen LogP contribution in [0.25, 0.3) is 0 Å². The smallest absolute Gasteiger partial charge is 0.138 e. The average Bonchev–Trinajstić information content (AvgIpc) is 2.18. The number of rotatable bonds is 3. The first-order valence-corrected chi connectivity index (χ1v) is 6.07. The van der Waals surface area contributed by atoms with Crippen LogP contribution in [-0.4, -0.2) is 5.78 Å². The molecule has 0 saturated heterocycles. The molecule has 1 aromatic carbocycles. The monoisotopic (exact) mass is 286 g/mol. The molecule has 0 N–H and O–H groups in total. The zero-order chi connectivity index (χ0) is 12.3. The first kappa shape index (κ1) is 13.4. The van der Waals surface area contributed by atoms with Crippen molar-refractivity contribution >= 4 is 21.7 Å². The Morgan fingerprint density at radius 3 is 2.50 bits per heavy atom. The molecule has 0 radical (unpaired) electrons. The van der Waals surface area contributed by atoms with Gasteiger partial charge in [0.1, 0.15) is 11.6 Å². The van der Waals surface area contributed by atoms with Gasteiger partial charge >= 0.3 is 0 Å². The van der Waals surface area contributed by atoms with Gasteiger partial charge in [-0.2, -0.15) is 0 Å². The quantitative estimate of drug-likeness (QED) is 0.816. The van der Waals surface area contributed by atoms with Crippen LogP contribution >= 0.6 is 15.9 Å². The van der Waals surface area contributed by atoms with Crippen LogP contribution in [0, 0.1) is 11.2 Å². The molecule has 16 heavy (non-hydrogen) atoms. The highest BCUT2D eigenvalue weighted by atomic mass is 79.9. The zero-order valence-electron chi connectivity index (χ0n) is 9.81. The lowest BCUT2D eigenvalue weighted by atomic mass is 9.87. The van der Waals surface area contributed by atoms with E-state index >= 15 is 0 Å². The predicted octanol–water partition coefficient (Wildman–Crippen LogP) is 4.14. The second kappa shape index (κ2) is 5.09. The van der Waals surface area contributed by atoms with E-state index < -0.39 is 0 Å². The summed E-state index contributed by atoms with van der Waals surface area (Å²) in [5, 5.41) is 0. The fourth-order valence-electron chi connectivity index (χ4n) is 1.33. The summed E-state index contributed by atoms with van der Waals surface area (Å²) < 4.78 is 13.4. The van der Waals surface area contributed by atoms with Gasteiger partial charge in [0, 0.05) is 11.8 Å². The molecular formula is C13H16BrFO. The number of ketones is 1. The minimum atomic E-state index is -0.294. The van der Waals surface area contributed by atoms with Crippen molar-refractivity contribution in [3.63, 3.8) is 0 Å². The lowest BCUT2D eigenvalue weighted by molar-refractivity contribution is -0.126. The van der Waals surface area contributed by atoms with Crippen LogP contribution in [0.5, 0.6) is 0 Å². The van der Waals surface area contributed by atoms with Crippen molar-refractivity contribution in [2.24, 2.45) is 5.41 Å². The van der Waals surface area contributed by atoms with Gasteiger partial charge in [-0.25, -0.2) is 4.39 Å². The number of benzene rings is 1. The molecule has 0 spiro atoms. The van der Waals surface area contributed by atoms with E-state index in [1.165, 1.54) is 6.07 Å². The van der Waals surface area contributed by atoms with Crippen molar-refractivity contribution in [2.45, 2.75) is 33.6 Å². The summed E-state index contributed by atoms with van der Waals surface area (Å²) in [6.45, 7) is 5.74. The third-order valence-corrected chi connectivity index (χ3v) is 3.07. The number of carbonyl (C=O) groups excluding carboxylic acids is 1. The fourth-order valence-corrected chi connectivity index (χ4v) is 1.75. The van der Waals surface area contributed by atoms with Crippen molar-refractivity contribution in [1.82, 2.24) is 0 Å². The molecule has 0 heterocycles. The van der Waals surface area contributed by atoms with Gasteiger partial charge in [-0.1, -0.05) is 26.8 Å². The maximum Gasteiger partial charge on any atom is 0.138 e. The van der Waals surface area contributed by atoms with E-state index in [2.05, 4.69) is 15.9 Å². The third-order valence-electron chi connectivity index (χ3n) is 2.46. The van der Waals surface area contributed by atoms with Crippen molar-refractivity contribution in [2.75, 3.05) is 0 Å². The summed E-state index contributed by atoms with van der Waals surface area (Å²) in [5.41, 5.74) is 0.683. The molecule has 1 nitrogen and oxygen atoms in total. The van der Waals surface area contributed by atoms with E-state index in [0.717, 1.165) is 5.56 Å². The minimum absolute atomic E-state index is 0.230. The predicted molar refractivity (Wildman–Crippen MR) is 66.9 cm³/mol. The van der Waals surface area contributed by atoms with E-state index in [1.54, 1.807) is 12.1 Å². The van der Waals surface area contributed by atoms with E-state index in [-0.39, 0.29) is 17.0 Å². The Hall–Kier alpha value is -0.700. The standard InChI is InChI=1S/C13H16BrFO/c1-13(2,3)12(16)7-5-9-4-6-11(15)10(14)8-9/h4,6,8H,5,7H2,1-3H3. The molecule has 0 aliphatic heterocycles. The van der Waals surface area contributed by atoms with E-state index in [1.807, 2.05) is 20.8 Å². The molecule has 0 aromatic heterocycles. The Morgan fingerprint density at radius 2 is 2.00 bits per heavy atom. The zero-order valence-corrected chi connectivity index (χ0v) is 11.4. The first-order valence-electron chi connectivity index (χ1n) is 5.28. The molecule has 3 heteroatoms. The lowest BCUT2D eigenvalue weighted by Crippen LogP contribution is -2.20. The summed E-state index contributed by atoms with van der Waals surface area (Å²) in [6.07, 6.45) is 1.16. The molecule has 0 atom stereocenters. The molecule has 0 bridgehead atoms. The maximum atomic E-state index is 13.0. The average molecular weight is 287 g/mol. The van der Waals surface area contributed by atoms with Crippen LogP contribution in [0.1, 0.15) is 32.8 Å². The maximum absolute atomic E-state index is 13.0. The molecular weight excluding hydrogens is 271 g/mol. The van der Waals surface area contributed by atoms with E-state index in [9.17, 15) is 9.18 Å².